The Balaban J connectivity index is 1.39. The summed E-state index contributed by atoms with van der Waals surface area (Å²) in [5.41, 5.74) is 2.46. The average Bonchev–Trinajstić information content (AvgIpc) is 3.13. The Morgan fingerprint density at radius 1 is 1.06 bits per heavy atom. The van der Waals surface area contributed by atoms with Crippen LogP contribution in [-0.4, -0.2) is 39.5 Å². The lowest BCUT2D eigenvalue weighted by Gasteiger charge is -2.40. The third-order valence-corrected chi connectivity index (χ3v) is 6.69. The van der Waals surface area contributed by atoms with Gasteiger partial charge in [0.2, 0.25) is 0 Å². The van der Waals surface area contributed by atoms with Crippen LogP contribution in [0.15, 0.2) is 60.9 Å². The summed E-state index contributed by atoms with van der Waals surface area (Å²) in [6.07, 6.45) is 7.41. The molecule has 6 heteroatoms. The van der Waals surface area contributed by atoms with Gasteiger partial charge in [0.25, 0.3) is 5.91 Å². The molecule has 3 aromatic rings. The molecule has 2 saturated heterocycles. The summed E-state index contributed by atoms with van der Waals surface area (Å²) >= 11 is 0. The topological polar surface area (TPSA) is 55.3 Å². The number of rotatable bonds is 5. The lowest BCUT2D eigenvalue weighted by Crippen LogP contribution is -2.49. The van der Waals surface area contributed by atoms with Crippen molar-refractivity contribution in [2.45, 2.75) is 44.7 Å². The van der Waals surface area contributed by atoms with Gasteiger partial charge in [0.05, 0.1) is 12.2 Å². The summed E-state index contributed by atoms with van der Waals surface area (Å²) in [6.45, 7) is 2.52. The zero-order valence-corrected chi connectivity index (χ0v) is 18.1. The highest BCUT2D eigenvalue weighted by Gasteiger charge is 2.45. The molecule has 2 aliphatic rings. The van der Waals surface area contributed by atoms with Gasteiger partial charge in [0, 0.05) is 36.0 Å². The van der Waals surface area contributed by atoms with Crippen molar-refractivity contribution in [1.82, 2.24) is 14.9 Å². The van der Waals surface area contributed by atoms with Gasteiger partial charge in [-0.25, -0.2) is 14.4 Å². The summed E-state index contributed by atoms with van der Waals surface area (Å²) < 4.78 is 19.2. The van der Waals surface area contributed by atoms with Crippen LogP contribution in [0.2, 0.25) is 0 Å². The summed E-state index contributed by atoms with van der Waals surface area (Å²) in [7, 11) is 0. The fourth-order valence-electron chi connectivity index (χ4n) is 5.11. The number of ether oxygens (including phenoxy) is 1. The number of aromatic nitrogens is 2. The molecule has 1 amide bonds. The average molecular weight is 432 g/mol. The summed E-state index contributed by atoms with van der Waals surface area (Å²) in [4.78, 5) is 24.7. The maximum absolute atomic E-state index is 13.9. The van der Waals surface area contributed by atoms with Crippen molar-refractivity contribution >= 4 is 5.91 Å². The van der Waals surface area contributed by atoms with Gasteiger partial charge in [-0.2, -0.15) is 0 Å². The van der Waals surface area contributed by atoms with E-state index < -0.39 is 0 Å². The molecule has 0 N–H and O–H groups in total. The molecular formula is C26H26FN3O2. The summed E-state index contributed by atoms with van der Waals surface area (Å²) in [5, 5.41) is 0. The molecule has 0 aliphatic carbocycles. The monoisotopic (exact) mass is 431 g/mol. The molecule has 0 spiro atoms. The van der Waals surface area contributed by atoms with E-state index >= 15 is 0 Å². The normalized spacial score (nSPS) is 22.1. The van der Waals surface area contributed by atoms with E-state index in [4.69, 9.17) is 4.74 Å². The first-order valence-electron chi connectivity index (χ1n) is 11.2. The van der Waals surface area contributed by atoms with Crippen molar-refractivity contribution in [3.63, 3.8) is 0 Å². The molecule has 32 heavy (non-hydrogen) atoms. The van der Waals surface area contributed by atoms with Crippen molar-refractivity contribution in [2.75, 3.05) is 6.61 Å². The van der Waals surface area contributed by atoms with E-state index in [2.05, 4.69) is 14.9 Å². The molecule has 3 atom stereocenters. The van der Waals surface area contributed by atoms with E-state index in [0.717, 1.165) is 36.8 Å². The first-order valence-corrected chi connectivity index (χ1v) is 11.2. The van der Waals surface area contributed by atoms with Crippen LogP contribution in [0.4, 0.5) is 4.39 Å². The molecule has 1 aromatic heterocycles. The molecular weight excluding hydrogens is 405 g/mol. The van der Waals surface area contributed by atoms with Crippen LogP contribution in [-0.2, 0) is 0 Å². The van der Waals surface area contributed by atoms with Crippen LogP contribution in [0.5, 0.6) is 5.75 Å². The predicted molar refractivity (Wildman–Crippen MR) is 120 cm³/mol. The number of aryl methyl sites for hydroxylation is 1. The molecule has 5 nitrogen and oxygen atoms in total. The van der Waals surface area contributed by atoms with E-state index in [1.54, 1.807) is 30.6 Å². The van der Waals surface area contributed by atoms with Gasteiger partial charge >= 0.3 is 0 Å². The second kappa shape index (κ2) is 8.69. The maximum atomic E-state index is 13.9. The number of hydrogen-bond acceptors (Lipinski definition) is 4. The van der Waals surface area contributed by atoms with E-state index in [9.17, 15) is 9.18 Å². The summed E-state index contributed by atoms with van der Waals surface area (Å²) in [5.74, 6) is 1.25. The largest absolute Gasteiger partial charge is 0.493 e. The molecule has 1 unspecified atom stereocenters. The zero-order chi connectivity index (χ0) is 22.1. The Morgan fingerprint density at radius 2 is 1.81 bits per heavy atom. The molecule has 2 bridgehead atoms. The van der Waals surface area contributed by atoms with Crippen LogP contribution in [0.1, 0.15) is 41.6 Å². The highest BCUT2D eigenvalue weighted by atomic mass is 19.1. The Morgan fingerprint density at radius 3 is 2.59 bits per heavy atom. The number of halogens is 1. The minimum absolute atomic E-state index is 0.0511. The van der Waals surface area contributed by atoms with Crippen molar-refractivity contribution in [2.24, 2.45) is 5.92 Å². The standard InChI is InChI=1S/C26H26FN3O2/c1-17-3-11-22(25-28-13-2-14-29-25)23(15-17)26(31)30-20-7-4-18(24(30)12-8-20)16-32-21-9-5-19(27)6-10-21/h2-3,5-6,9-11,13-15,18,20,24H,4,7-8,12,16H2,1H3/t18-,20-,24?/m1/s1. The van der Waals surface area contributed by atoms with Gasteiger partial charge in [-0.15, -0.1) is 0 Å². The second-order valence-electron chi connectivity index (χ2n) is 8.73. The third kappa shape index (κ3) is 3.97. The number of carbonyl (C=O) groups excluding carboxylic acids is 1. The molecule has 2 aliphatic heterocycles. The fourth-order valence-corrected chi connectivity index (χ4v) is 5.11. The quantitative estimate of drug-likeness (QED) is 0.567. The molecule has 2 aromatic carbocycles. The van der Waals surface area contributed by atoms with E-state index in [-0.39, 0.29) is 29.7 Å². The van der Waals surface area contributed by atoms with Crippen LogP contribution in [0.3, 0.4) is 0 Å². The Hall–Kier alpha value is -3.28. The Bertz CT molecular complexity index is 1100. The first-order chi connectivity index (χ1) is 15.6. The number of hydrogen-bond donors (Lipinski definition) is 0. The maximum Gasteiger partial charge on any atom is 0.255 e. The number of amides is 1. The minimum Gasteiger partial charge on any atom is -0.493 e. The molecule has 2 fully saturated rings. The highest BCUT2D eigenvalue weighted by molar-refractivity contribution is 6.01. The fraction of sp³-hybridized carbons (Fsp3) is 0.346. The van der Waals surface area contributed by atoms with Crippen LogP contribution < -0.4 is 4.74 Å². The SMILES string of the molecule is Cc1ccc(-c2ncccn2)c(C(=O)N2C3CC[C@H]2CC[C@@H]3COc2ccc(F)cc2)c1. The van der Waals surface area contributed by atoms with Crippen molar-refractivity contribution in [3.8, 4) is 17.1 Å². The first kappa shape index (κ1) is 20.6. The van der Waals surface area contributed by atoms with E-state index in [1.807, 2.05) is 25.1 Å². The molecule has 3 heterocycles. The van der Waals surface area contributed by atoms with E-state index in [1.165, 1.54) is 12.1 Å². The number of carbonyl (C=O) groups is 1. The Labute approximate surface area is 187 Å². The minimum atomic E-state index is -0.276. The van der Waals surface area contributed by atoms with Gasteiger partial charge in [0.15, 0.2) is 5.82 Å². The van der Waals surface area contributed by atoms with Crippen LogP contribution in [0, 0.1) is 18.7 Å². The van der Waals surface area contributed by atoms with E-state index in [0.29, 0.717) is 23.7 Å². The highest BCUT2D eigenvalue weighted by Crippen LogP contribution is 2.41. The number of fused-ring (bicyclic) bond motifs is 2. The lowest BCUT2D eigenvalue weighted by molar-refractivity contribution is 0.0407. The van der Waals surface area contributed by atoms with Crippen molar-refractivity contribution < 1.29 is 13.9 Å². The van der Waals surface area contributed by atoms with Crippen molar-refractivity contribution in [1.29, 1.82) is 0 Å². The molecule has 0 saturated carbocycles. The molecule has 0 radical (unpaired) electrons. The van der Waals surface area contributed by atoms with Gasteiger partial charge in [-0.05, 0) is 69.0 Å². The predicted octanol–water partition coefficient (Wildman–Crippen LogP) is 5.05. The second-order valence-corrected chi connectivity index (χ2v) is 8.73. The zero-order valence-electron chi connectivity index (χ0n) is 18.1. The van der Waals surface area contributed by atoms with Crippen LogP contribution in [0.25, 0.3) is 11.4 Å². The molecule has 164 valence electrons. The van der Waals surface area contributed by atoms with Crippen molar-refractivity contribution in [3.05, 3.63) is 77.9 Å². The summed E-state index contributed by atoms with van der Waals surface area (Å²) in [6, 6.07) is 14.2. The van der Waals surface area contributed by atoms with Gasteiger partial charge < -0.3 is 9.64 Å². The number of nitrogens with zero attached hydrogens (tertiary/aromatic N) is 3. The number of piperidine rings is 1. The van der Waals surface area contributed by atoms with Crippen LogP contribution >= 0.6 is 0 Å². The lowest BCUT2D eigenvalue weighted by atomic mass is 9.89. The van der Waals surface area contributed by atoms with Gasteiger partial charge in [-0.3, -0.25) is 4.79 Å². The van der Waals surface area contributed by atoms with Gasteiger partial charge in [0.1, 0.15) is 11.6 Å². The molecule has 5 rings (SSSR count). The smallest absolute Gasteiger partial charge is 0.255 e. The Kier molecular flexibility index (Phi) is 5.60. The van der Waals surface area contributed by atoms with Gasteiger partial charge in [-0.1, -0.05) is 17.7 Å². The number of benzene rings is 2. The third-order valence-electron chi connectivity index (χ3n) is 6.69.